The molecule has 1 aromatic carbocycles. The van der Waals surface area contributed by atoms with E-state index in [1.54, 1.807) is 18.2 Å². The number of hydrogen-bond donors (Lipinski definition) is 1. The second kappa shape index (κ2) is 2.85. The second-order valence-electron chi connectivity index (χ2n) is 2.77. The zero-order chi connectivity index (χ0) is 9.42. The Morgan fingerprint density at radius 3 is 3.00 bits per heavy atom. The van der Waals surface area contributed by atoms with Crippen LogP contribution in [-0.4, -0.2) is 16.8 Å². The first kappa shape index (κ1) is 8.26. The molecule has 0 fully saturated rings. The maximum atomic E-state index is 10.7. The Bertz CT molecular complexity index is 412. The normalized spacial score (nSPS) is 13.8. The molecule has 1 N–H and O–H groups in total. The minimum Gasteiger partial charge on any atom is -0.477 e. The highest BCUT2D eigenvalue weighted by Gasteiger charge is 2.21. The van der Waals surface area contributed by atoms with Gasteiger partial charge in [0.2, 0.25) is 0 Å². The zero-order valence-electron chi connectivity index (χ0n) is 6.62. The molecule has 2 rings (SSSR count). The molecule has 1 heterocycles. The third-order valence-electron chi connectivity index (χ3n) is 1.93. The molecule has 1 aromatic rings. The maximum Gasteiger partial charge on any atom is 0.354 e. The highest BCUT2D eigenvalue weighted by molar-refractivity contribution is 6.43. The molecular formula is C9H6ClNO2. The summed E-state index contributed by atoms with van der Waals surface area (Å²) in [4.78, 5) is 14.6. The molecule has 0 aliphatic carbocycles. The number of nitrogens with zero attached hydrogens (tertiary/aromatic N) is 1. The van der Waals surface area contributed by atoms with Crippen LogP contribution in [0.4, 0.5) is 0 Å². The van der Waals surface area contributed by atoms with Crippen LogP contribution in [0.25, 0.3) is 0 Å². The van der Waals surface area contributed by atoms with Gasteiger partial charge in [0.15, 0.2) is 5.71 Å². The van der Waals surface area contributed by atoms with Gasteiger partial charge in [0, 0.05) is 10.6 Å². The van der Waals surface area contributed by atoms with Crippen molar-refractivity contribution < 1.29 is 9.90 Å². The predicted molar refractivity (Wildman–Crippen MR) is 49.3 cm³/mol. The van der Waals surface area contributed by atoms with E-state index in [2.05, 4.69) is 4.99 Å². The smallest absolute Gasteiger partial charge is 0.354 e. The van der Waals surface area contributed by atoms with E-state index in [0.29, 0.717) is 17.1 Å². The van der Waals surface area contributed by atoms with Crippen molar-refractivity contribution in [3.05, 3.63) is 34.3 Å². The topological polar surface area (TPSA) is 49.7 Å². The minimum absolute atomic E-state index is 0.131. The van der Waals surface area contributed by atoms with Gasteiger partial charge in [0.05, 0.1) is 6.54 Å². The first-order chi connectivity index (χ1) is 6.18. The molecule has 4 heteroatoms. The molecule has 0 unspecified atom stereocenters. The first-order valence-corrected chi connectivity index (χ1v) is 4.13. The van der Waals surface area contributed by atoms with E-state index >= 15 is 0 Å². The quantitative estimate of drug-likeness (QED) is 0.742. The standard InChI is InChI=1S/C9H6ClNO2/c10-6-1-2-7-5(3-6)4-11-8(7)9(12)13/h1-3H,4H2,(H,12,13). The second-order valence-corrected chi connectivity index (χ2v) is 3.21. The fourth-order valence-electron chi connectivity index (χ4n) is 1.36. The maximum absolute atomic E-state index is 10.7. The van der Waals surface area contributed by atoms with Gasteiger partial charge in [0.1, 0.15) is 0 Å². The fourth-order valence-corrected chi connectivity index (χ4v) is 1.55. The van der Waals surface area contributed by atoms with Gasteiger partial charge in [-0.05, 0) is 17.7 Å². The number of carboxylic acids is 1. The van der Waals surface area contributed by atoms with E-state index < -0.39 is 5.97 Å². The third-order valence-corrected chi connectivity index (χ3v) is 2.17. The van der Waals surface area contributed by atoms with Crippen LogP contribution in [0.3, 0.4) is 0 Å². The van der Waals surface area contributed by atoms with Crippen LogP contribution < -0.4 is 0 Å². The lowest BCUT2D eigenvalue weighted by molar-refractivity contribution is -0.129. The summed E-state index contributed by atoms with van der Waals surface area (Å²) in [5.74, 6) is -0.985. The van der Waals surface area contributed by atoms with E-state index in [0.717, 1.165) is 5.56 Å². The Hall–Kier alpha value is -1.35. The average molecular weight is 196 g/mol. The molecule has 3 nitrogen and oxygen atoms in total. The van der Waals surface area contributed by atoms with E-state index in [1.807, 2.05) is 0 Å². The summed E-state index contributed by atoms with van der Waals surface area (Å²) in [5, 5.41) is 9.38. The number of aliphatic imine (C=N–C) groups is 1. The Labute approximate surface area is 79.7 Å². The number of rotatable bonds is 1. The first-order valence-electron chi connectivity index (χ1n) is 3.75. The largest absolute Gasteiger partial charge is 0.477 e. The Kier molecular flexibility index (Phi) is 1.81. The van der Waals surface area contributed by atoms with Crippen LogP contribution >= 0.6 is 11.6 Å². The zero-order valence-corrected chi connectivity index (χ0v) is 7.38. The van der Waals surface area contributed by atoms with Crippen LogP contribution in [0, 0.1) is 0 Å². The average Bonchev–Trinajstić information content (AvgIpc) is 2.46. The monoisotopic (exact) mass is 195 g/mol. The van der Waals surface area contributed by atoms with Gasteiger partial charge in [-0.15, -0.1) is 0 Å². The number of hydrogen-bond acceptors (Lipinski definition) is 2. The summed E-state index contributed by atoms with van der Waals surface area (Å²) < 4.78 is 0. The van der Waals surface area contributed by atoms with Crippen LogP contribution in [0.5, 0.6) is 0 Å². The van der Waals surface area contributed by atoms with Crippen molar-refractivity contribution in [2.45, 2.75) is 6.54 Å². The summed E-state index contributed by atoms with van der Waals surface area (Å²) in [5.41, 5.74) is 1.69. The molecule has 13 heavy (non-hydrogen) atoms. The van der Waals surface area contributed by atoms with Gasteiger partial charge in [-0.2, -0.15) is 0 Å². The summed E-state index contributed by atoms with van der Waals surface area (Å²) in [6.07, 6.45) is 0. The molecule has 0 atom stereocenters. The van der Waals surface area contributed by atoms with Gasteiger partial charge in [-0.3, -0.25) is 4.99 Å². The molecular weight excluding hydrogens is 190 g/mol. The number of carboxylic acid groups (broad SMARTS) is 1. The number of aliphatic carboxylic acids is 1. The Balaban J connectivity index is 2.51. The highest BCUT2D eigenvalue weighted by atomic mass is 35.5. The summed E-state index contributed by atoms with van der Waals surface area (Å²) >= 11 is 5.75. The minimum atomic E-state index is -0.985. The van der Waals surface area contributed by atoms with Crippen LogP contribution in [0.2, 0.25) is 5.02 Å². The number of carbonyl (C=O) groups is 1. The van der Waals surface area contributed by atoms with Gasteiger partial charge in [-0.1, -0.05) is 17.7 Å². The predicted octanol–water partition coefficient (Wildman–Crippen LogP) is 1.73. The van der Waals surface area contributed by atoms with Gasteiger partial charge < -0.3 is 5.11 Å². The molecule has 0 spiro atoms. The Morgan fingerprint density at radius 2 is 2.31 bits per heavy atom. The van der Waals surface area contributed by atoms with Crippen LogP contribution in [0.15, 0.2) is 23.2 Å². The van der Waals surface area contributed by atoms with Crippen molar-refractivity contribution in [2.75, 3.05) is 0 Å². The van der Waals surface area contributed by atoms with Crippen molar-refractivity contribution in [3.63, 3.8) is 0 Å². The molecule has 66 valence electrons. The lowest BCUT2D eigenvalue weighted by Crippen LogP contribution is -2.11. The van der Waals surface area contributed by atoms with E-state index in [1.165, 1.54) is 0 Å². The van der Waals surface area contributed by atoms with Crippen LogP contribution in [-0.2, 0) is 11.3 Å². The molecule has 0 bridgehead atoms. The molecule has 0 aromatic heterocycles. The lowest BCUT2D eigenvalue weighted by Gasteiger charge is -1.98. The van der Waals surface area contributed by atoms with Crippen LogP contribution in [0.1, 0.15) is 11.1 Å². The lowest BCUT2D eigenvalue weighted by atomic mass is 10.1. The number of benzene rings is 1. The SMILES string of the molecule is O=C(O)C1=NCc2cc(Cl)ccc21. The molecule has 0 saturated carbocycles. The van der Waals surface area contributed by atoms with Crippen molar-refractivity contribution in [1.82, 2.24) is 0 Å². The Morgan fingerprint density at radius 1 is 1.54 bits per heavy atom. The summed E-state index contributed by atoms with van der Waals surface area (Å²) in [6, 6.07) is 5.11. The van der Waals surface area contributed by atoms with E-state index in [4.69, 9.17) is 16.7 Å². The molecule has 1 aliphatic rings. The van der Waals surface area contributed by atoms with Crippen molar-refractivity contribution >= 4 is 23.3 Å². The van der Waals surface area contributed by atoms with Gasteiger partial charge in [-0.25, -0.2) is 4.79 Å². The molecule has 0 saturated heterocycles. The van der Waals surface area contributed by atoms with Gasteiger partial charge >= 0.3 is 5.97 Å². The third kappa shape index (κ3) is 1.31. The summed E-state index contributed by atoms with van der Waals surface area (Å²) in [6.45, 7) is 0.414. The highest BCUT2D eigenvalue weighted by Crippen LogP contribution is 2.22. The van der Waals surface area contributed by atoms with Gasteiger partial charge in [0.25, 0.3) is 0 Å². The number of halogens is 1. The number of fused-ring (bicyclic) bond motifs is 1. The summed E-state index contributed by atoms with van der Waals surface area (Å²) in [7, 11) is 0. The van der Waals surface area contributed by atoms with Crippen molar-refractivity contribution in [2.24, 2.45) is 4.99 Å². The van der Waals surface area contributed by atoms with Crippen molar-refractivity contribution in [3.8, 4) is 0 Å². The van der Waals surface area contributed by atoms with E-state index in [-0.39, 0.29) is 5.71 Å². The fraction of sp³-hybridized carbons (Fsp3) is 0.111. The molecule has 1 aliphatic heterocycles. The van der Waals surface area contributed by atoms with E-state index in [9.17, 15) is 4.79 Å². The molecule has 0 amide bonds. The van der Waals surface area contributed by atoms with Crippen molar-refractivity contribution in [1.29, 1.82) is 0 Å². The molecule has 0 radical (unpaired) electrons.